The fourth-order valence-corrected chi connectivity index (χ4v) is 5.10. The lowest BCUT2D eigenvalue weighted by molar-refractivity contribution is 0.482. The number of rotatable bonds is 3. The molecular weight excluding hydrogens is 350 g/mol. The highest BCUT2D eigenvalue weighted by atomic mass is 32.2. The van der Waals surface area contributed by atoms with Crippen molar-refractivity contribution in [1.82, 2.24) is 15.0 Å². The average molecular weight is 371 g/mol. The topological polar surface area (TPSA) is 105 Å². The van der Waals surface area contributed by atoms with Gasteiger partial charge in [0, 0.05) is 12.6 Å². The maximum absolute atomic E-state index is 13.1. The van der Waals surface area contributed by atoms with Crippen LogP contribution in [-0.4, -0.2) is 36.0 Å². The van der Waals surface area contributed by atoms with Crippen molar-refractivity contribution in [2.24, 2.45) is 0 Å². The van der Waals surface area contributed by atoms with Gasteiger partial charge in [-0.25, -0.2) is 18.4 Å². The average Bonchev–Trinajstić information content (AvgIpc) is 2.99. The van der Waals surface area contributed by atoms with Crippen molar-refractivity contribution < 1.29 is 8.42 Å². The predicted octanol–water partition coefficient (Wildman–Crippen LogP) is 2.75. The number of nitrogens with two attached hydrogens (primary N) is 1. The second kappa shape index (κ2) is 6.28. The Labute approximate surface area is 152 Å². The van der Waals surface area contributed by atoms with Gasteiger partial charge in [-0.05, 0) is 38.3 Å². The minimum absolute atomic E-state index is 0.0204. The van der Waals surface area contributed by atoms with Crippen LogP contribution in [0.1, 0.15) is 26.2 Å². The largest absolute Gasteiger partial charge is 0.384 e. The third-order valence-corrected chi connectivity index (χ3v) is 6.79. The molecule has 7 nitrogen and oxygen atoms in total. The summed E-state index contributed by atoms with van der Waals surface area (Å²) in [6.07, 6.45) is 4.76. The Morgan fingerprint density at radius 3 is 2.69 bits per heavy atom. The van der Waals surface area contributed by atoms with Crippen molar-refractivity contribution in [2.75, 3.05) is 17.2 Å². The number of aromatic amines is 1. The fourth-order valence-electron chi connectivity index (χ4n) is 3.60. The molecule has 1 aliphatic heterocycles. The van der Waals surface area contributed by atoms with E-state index < -0.39 is 9.84 Å². The smallest absolute Gasteiger partial charge is 0.212 e. The summed E-state index contributed by atoms with van der Waals surface area (Å²) in [7, 11) is -3.78. The molecule has 1 saturated heterocycles. The molecule has 1 atom stereocenters. The van der Waals surface area contributed by atoms with E-state index >= 15 is 0 Å². The van der Waals surface area contributed by atoms with Crippen molar-refractivity contribution in [3.8, 4) is 0 Å². The first-order valence-electron chi connectivity index (χ1n) is 8.69. The fraction of sp³-hybridized carbons (Fsp3) is 0.333. The molecule has 1 fully saturated rings. The summed E-state index contributed by atoms with van der Waals surface area (Å²) in [5, 5.41) is 0. The number of hydrogen-bond donors (Lipinski definition) is 2. The molecule has 3 aromatic rings. The molecule has 0 amide bonds. The highest BCUT2D eigenvalue weighted by Crippen LogP contribution is 2.36. The molecule has 3 heterocycles. The number of H-pyrrole nitrogens is 1. The molecule has 26 heavy (non-hydrogen) atoms. The SMILES string of the molecule is CC1CCCCN1c1ncnc2c(S(=O)(=O)c3ccccc3)c(N)[nH]c12. The van der Waals surface area contributed by atoms with E-state index in [4.69, 9.17) is 5.73 Å². The third-order valence-electron chi connectivity index (χ3n) is 4.94. The summed E-state index contributed by atoms with van der Waals surface area (Å²) >= 11 is 0. The first-order valence-corrected chi connectivity index (χ1v) is 10.2. The van der Waals surface area contributed by atoms with Gasteiger partial charge < -0.3 is 15.6 Å². The van der Waals surface area contributed by atoms with E-state index in [0.717, 1.165) is 19.4 Å². The molecule has 136 valence electrons. The Balaban J connectivity index is 1.91. The number of nitrogens with one attached hydrogen (secondary N) is 1. The molecule has 1 aliphatic rings. The van der Waals surface area contributed by atoms with E-state index in [1.54, 1.807) is 30.3 Å². The summed E-state index contributed by atoms with van der Waals surface area (Å²) in [6.45, 7) is 3.04. The Kier molecular flexibility index (Phi) is 4.07. The van der Waals surface area contributed by atoms with Crippen LogP contribution in [0.25, 0.3) is 11.0 Å². The summed E-state index contributed by atoms with van der Waals surface area (Å²) in [4.78, 5) is 14.1. The molecule has 2 aromatic heterocycles. The van der Waals surface area contributed by atoms with E-state index in [-0.39, 0.29) is 15.6 Å². The Hall–Kier alpha value is -2.61. The van der Waals surface area contributed by atoms with Gasteiger partial charge in [-0.15, -0.1) is 0 Å². The predicted molar refractivity (Wildman–Crippen MR) is 101 cm³/mol. The second-order valence-corrected chi connectivity index (χ2v) is 8.53. The normalized spacial score (nSPS) is 18.3. The monoisotopic (exact) mass is 371 g/mol. The number of piperidine rings is 1. The van der Waals surface area contributed by atoms with Gasteiger partial charge in [0.25, 0.3) is 0 Å². The van der Waals surface area contributed by atoms with Crippen LogP contribution in [0.5, 0.6) is 0 Å². The van der Waals surface area contributed by atoms with Crippen molar-refractivity contribution in [2.45, 2.75) is 42.0 Å². The van der Waals surface area contributed by atoms with Crippen LogP contribution in [0.4, 0.5) is 11.6 Å². The third kappa shape index (κ3) is 2.61. The van der Waals surface area contributed by atoms with Crippen LogP contribution >= 0.6 is 0 Å². The van der Waals surface area contributed by atoms with Gasteiger partial charge >= 0.3 is 0 Å². The Morgan fingerprint density at radius 2 is 1.96 bits per heavy atom. The van der Waals surface area contributed by atoms with E-state index in [9.17, 15) is 8.42 Å². The number of nitrogen functional groups attached to an aromatic ring is 1. The van der Waals surface area contributed by atoms with E-state index in [1.807, 2.05) is 0 Å². The quantitative estimate of drug-likeness (QED) is 0.733. The van der Waals surface area contributed by atoms with E-state index in [1.165, 1.54) is 12.7 Å². The lowest BCUT2D eigenvalue weighted by atomic mass is 10.0. The minimum atomic E-state index is -3.78. The van der Waals surface area contributed by atoms with Crippen molar-refractivity contribution in [1.29, 1.82) is 0 Å². The van der Waals surface area contributed by atoms with Crippen LogP contribution in [0.15, 0.2) is 46.5 Å². The molecule has 3 N–H and O–H groups in total. The van der Waals surface area contributed by atoms with Gasteiger partial charge in [0.05, 0.1) is 4.90 Å². The van der Waals surface area contributed by atoms with Crippen molar-refractivity contribution in [3.63, 3.8) is 0 Å². The molecule has 8 heteroatoms. The number of anilines is 2. The molecular formula is C18H21N5O2S. The zero-order chi connectivity index (χ0) is 18.3. The number of nitrogens with zero attached hydrogens (tertiary/aromatic N) is 3. The first kappa shape index (κ1) is 16.8. The Morgan fingerprint density at radius 1 is 1.19 bits per heavy atom. The second-order valence-electron chi connectivity index (χ2n) is 6.64. The summed E-state index contributed by atoms with van der Waals surface area (Å²) in [5.41, 5.74) is 7.01. The highest BCUT2D eigenvalue weighted by molar-refractivity contribution is 7.92. The summed E-state index contributed by atoms with van der Waals surface area (Å²) in [6, 6.07) is 8.60. The van der Waals surface area contributed by atoms with Gasteiger partial charge in [0.15, 0.2) is 5.82 Å². The van der Waals surface area contributed by atoms with Crippen LogP contribution in [0.2, 0.25) is 0 Å². The molecule has 1 aromatic carbocycles. The lowest BCUT2D eigenvalue weighted by Gasteiger charge is -2.34. The Bertz CT molecular complexity index is 1050. The van der Waals surface area contributed by atoms with E-state index in [0.29, 0.717) is 22.9 Å². The molecule has 4 rings (SSSR count). The molecule has 0 bridgehead atoms. The standard InChI is InChI=1S/C18H21N5O2S/c1-12-7-5-6-10-23(12)18-15-14(20-11-21-18)16(17(19)22-15)26(24,25)13-8-3-2-4-9-13/h2-4,8-9,11-12,22H,5-7,10,19H2,1H3. The van der Waals surface area contributed by atoms with Crippen molar-refractivity contribution in [3.05, 3.63) is 36.7 Å². The zero-order valence-corrected chi connectivity index (χ0v) is 15.3. The number of hydrogen-bond acceptors (Lipinski definition) is 6. The van der Waals surface area contributed by atoms with Crippen LogP contribution in [-0.2, 0) is 9.84 Å². The lowest BCUT2D eigenvalue weighted by Crippen LogP contribution is -2.38. The van der Waals surface area contributed by atoms with E-state index in [2.05, 4.69) is 26.8 Å². The molecule has 0 aliphatic carbocycles. The molecule has 0 saturated carbocycles. The highest BCUT2D eigenvalue weighted by Gasteiger charge is 2.29. The maximum atomic E-state index is 13.1. The molecule has 1 unspecified atom stereocenters. The van der Waals surface area contributed by atoms with Gasteiger partial charge in [-0.3, -0.25) is 0 Å². The first-order chi connectivity index (χ1) is 12.5. The number of sulfone groups is 1. The number of aromatic nitrogens is 3. The van der Waals surface area contributed by atoms with Crippen LogP contribution in [0, 0.1) is 0 Å². The summed E-state index contributed by atoms with van der Waals surface area (Å²) < 4.78 is 26.2. The van der Waals surface area contributed by atoms with Crippen LogP contribution < -0.4 is 10.6 Å². The number of fused-ring (bicyclic) bond motifs is 1. The minimum Gasteiger partial charge on any atom is -0.384 e. The van der Waals surface area contributed by atoms with Crippen molar-refractivity contribution >= 4 is 32.5 Å². The number of benzene rings is 1. The van der Waals surface area contributed by atoms with Gasteiger partial charge in [0.2, 0.25) is 9.84 Å². The zero-order valence-electron chi connectivity index (χ0n) is 14.5. The van der Waals surface area contributed by atoms with Gasteiger partial charge in [0.1, 0.15) is 28.1 Å². The molecule has 0 spiro atoms. The maximum Gasteiger partial charge on any atom is 0.212 e. The van der Waals surface area contributed by atoms with Gasteiger partial charge in [-0.1, -0.05) is 18.2 Å². The summed E-state index contributed by atoms with van der Waals surface area (Å²) in [5.74, 6) is 0.804. The molecule has 0 radical (unpaired) electrons. The van der Waals surface area contributed by atoms with Gasteiger partial charge in [-0.2, -0.15) is 0 Å². The van der Waals surface area contributed by atoms with Crippen LogP contribution in [0.3, 0.4) is 0 Å².